The highest BCUT2D eigenvalue weighted by atomic mass is 16.6. The van der Waals surface area contributed by atoms with Gasteiger partial charge in [0.15, 0.2) is 0 Å². The zero-order chi connectivity index (χ0) is 23.5. The zero-order valence-electron chi connectivity index (χ0n) is 20.2. The molecule has 0 aromatic rings. The van der Waals surface area contributed by atoms with Gasteiger partial charge in [0.05, 0.1) is 46.2 Å². The van der Waals surface area contributed by atoms with Crippen molar-refractivity contribution in [3.05, 3.63) is 0 Å². The standard InChI is InChI=1S/C23H43N3O6/c1-5-14-28-16-18-30-20-21-31-19-17-29-15-13-26-11-9-25(10-12-26)8-6-7-24-22(27)32-23(2,3)4/h1H,6-21H2,2-4H3,(H,24,27). The van der Waals surface area contributed by atoms with Crippen LogP contribution in [0.3, 0.4) is 0 Å². The van der Waals surface area contributed by atoms with Crippen LogP contribution in [-0.4, -0.2) is 120 Å². The molecule has 1 saturated heterocycles. The second kappa shape index (κ2) is 18.1. The van der Waals surface area contributed by atoms with Crippen molar-refractivity contribution in [3.63, 3.8) is 0 Å². The monoisotopic (exact) mass is 457 g/mol. The SMILES string of the molecule is C#CCOCCOCCOCCOCCN1CCN(CCCNC(=O)OC(C)(C)C)CC1. The van der Waals surface area contributed by atoms with Crippen molar-refractivity contribution in [1.82, 2.24) is 15.1 Å². The minimum Gasteiger partial charge on any atom is -0.444 e. The predicted molar refractivity (Wildman–Crippen MR) is 124 cm³/mol. The summed E-state index contributed by atoms with van der Waals surface area (Å²) in [5, 5.41) is 2.81. The van der Waals surface area contributed by atoms with Crippen LogP contribution in [0, 0.1) is 12.3 Å². The molecule has 1 fully saturated rings. The molecule has 0 spiro atoms. The predicted octanol–water partition coefficient (Wildman–Crippen LogP) is 1.22. The second-order valence-electron chi connectivity index (χ2n) is 8.56. The van der Waals surface area contributed by atoms with E-state index in [1.54, 1.807) is 0 Å². The summed E-state index contributed by atoms with van der Waals surface area (Å²) in [6, 6.07) is 0. The first-order chi connectivity index (χ1) is 15.4. The van der Waals surface area contributed by atoms with E-state index in [1.165, 1.54) is 0 Å². The number of carbonyl (C=O) groups excluding carboxylic acids is 1. The summed E-state index contributed by atoms with van der Waals surface area (Å²) < 4.78 is 26.8. The van der Waals surface area contributed by atoms with E-state index in [1.807, 2.05) is 20.8 Å². The lowest BCUT2D eigenvalue weighted by Gasteiger charge is -2.34. The molecule has 186 valence electrons. The van der Waals surface area contributed by atoms with E-state index in [4.69, 9.17) is 30.1 Å². The number of nitrogens with one attached hydrogen (secondary N) is 1. The molecule has 0 atom stereocenters. The maximum Gasteiger partial charge on any atom is 0.407 e. The smallest absolute Gasteiger partial charge is 0.407 e. The Balaban J connectivity index is 1.86. The van der Waals surface area contributed by atoms with Crippen LogP contribution in [0.25, 0.3) is 0 Å². The first-order valence-corrected chi connectivity index (χ1v) is 11.6. The van der Waals surface area contributed by atoms with Crippen molar-refractivity contribution >= 4 is 6.09 Å². The Labute approximate surface area is 194 Å². The molecule has 0 saturated carbocycles. The van der Waals surface area contributed by atoms with Crippen LogP contribution in [0.1, 0.15) is 27.2 Å². The van der Waals surface area contributed by atoms with Crippen molar-refractivity contribution in [2.45, 2.75) is 32.8 Å². The molecular formula is C23H43N3O6. The van der Waals surface area contributed by atoms with Gasteiger partial charge in [-0.1, -0.05) is 5.92 Å². The van der Waals surface area contributed by atoms with Gasteiger partial charge in [0.1, 0.15) is 12.2 Å². The van der Waals surface area contributed by atoms with Gasteiger partial charge < -0.3 is 33.9 Å². The van der Waals surface area contributed by atoms with Gasteiger partial charge in [0.2, 0.25) is 0 Å². The lowest BCUT2D eigenvalue weighted by atomic mass is 10.2. The Hall–Kier alpha value is -1.41. The van der Waals surface area contributed by atoms with E-state index in [0.29, 0.717) is 59.4 Å². The average molecular weight is 458 g/mol. The minimum absolute atomic E-state index is 0.321. The van der Waals surface area contributed by atoms with Crippen LogP contribution < -0.4 is 5.32 Å². The molecule has 1 amide bonds. The van der Waals surface area contributed by atoms with Crippen molar-refractivity contribution in [1.29, 1.82) is 0 Å². The van der Waals surface area contributed by atoms with Gasteiger partial charge in [-0.15, -0.1) is 6.42 Å². The maximum atomic E-state index is 11.6. The van der Waals surface area contributed by atoms with Crippen LogP contribution in [0.2, 0.25) is 0 Å². The molecule has 1 heterocycles. The highest BCUT2D eigenvalue weighted by Crippen LogP contribution is 2.06. The minimum atomic E-state index is -0.453. The van der Waals surface area contributed by atoms with Crippen LogP contribution in [0.4, 0.5) is 4.79 Å². The summed E-state index contributed by atoms with van der Waals surface area (Å²) in [5.74, 6) is 2.41. The van der Waals surface area contributed by atoms with E-state index in [-0.39, 0.29) is 6.09 Å². The van der Waals surface area contributed by atoms with E-state index in [9.17, 15) is 4.79 Å². The fourth-order valence-electron chi connectivity index (χ4n) is 3.03. The molecule has 0 radical (unpaired) electrons. The van der Waals surface area contributed by atoms with Gasteiger partial charge in [-0.3, -0.25) is 4.90 Å². The summed E-state index contributed by atoms with van der Waals surface area (Å²) in [5.41, 5.74) is -0.453. The highest BCUT2D eigenvalue weighted by molar-refractivity contribution is 5.67. The molecular weight excluding hydrogens is 414 g/mol. The van der Waals surface area contributed by atoms with E-state index < -0.39 is 5.60 Å². The number of terminal acetylenes is 1. The first-order valence-electron chi connectivity index (χ1n) is 11.6. The summed E-state index contributed by atoms with van der Waals surface area (Å²) in [6.45, 7) is 16.7. The topological polar surface area (TPSA) is 81.7 Å². The van der Waals surface area contributed by atoms with Crippen molar-refractivity contribution in [2.24, 2.45) is 0 Å². The normalized spacial score (nSPS) is 15.4. The highest BCUT2D eigenvalue weighted by Gasteiger charge is 2.17. The number of hydrogen-bond donors (Lipinski definition) is 1. The Kier molecular flexibility index (Phi) is 16.2. The van der Waals surface area contributed by atoms with Gasteiger partial charge in [-0.2, -0.15) is 0 Å². The number of ether oxygens (including phenoxy) is 5. The molecule has 0 aromatic heterocycles. The van der Waals surface area contributed by atoms with Crippen LogP contribution in [-0.2, 0) is 23.7 Å². The van der Waals surface area contributed by atoms with E-state index in [2.05, 4.69) is 21.0 Å². The third-order valence-electron chi connectivity index (χ3n) is 4.64. The quantitative estimate of drug-likeness (QED) is 0.258. The van der Waals surface area contributed by atoms with Gasteiger partial charge in [-0.05, 0) is 33.7 Å². The molecule has 9 heteroatoms. The van der Waals surface area contributed by atoms with Gasteiger partial charge in [0, 0.05) is 39.3 Å². The molecule has 1 N–H and O–H groups in total. The van der Waals surface area contributed by atoms with Crippen LogP contribution >= 0.6 is 0 Å². The second-order valence-corrected chi connectivity index (χ2v) is 8.56. The molecule has 0 aliphatic carbocycles. The number of amides is 1. The Morgan fingerprint density at radius 2 is 1.34 bits per heavy atom. The fourth-order valence-corrected chi connectivity index (χ4v) is 3.03. The first kappa shape index (κ1) is 28.6. The molecule has 0 unspecified atom stereocenters. The largest absolute Gasteiger partial charge is 0.444 e. The number of rotatable bonds is 17. The van der Waals surface area contributed by atoms with Gasteiger partial charge in [0.25, 0.3) is 0 Å². The van der Waals surface area contributed by atoms with Crippen LogP contribution in [0.15, 0.2) is 0 Å². The molecule has 0 bridgehead atoms. The number of alkyl carbamates (subject to hydrolysis) is 1. The number of hydrogen-bond acceptors (Lipinski definition) is 8. The zero-order valence-corrected chi connectivity index (χ0v) is 20.2. The lowest BCUT2D eigenvalue weighted by molar-refractivity contribution is -0.00258. The van der Waals surface area contributed by atoms with E-state index in [0.717, 1.165) is 45.7 Å². The number of carbonyl (C=O) groups is 1. The Morgan fingerprint density at radius 3 is 1.88 bits per heavy atom. The van der Waals surface area contributed by atoms with Gasteiger partial charge >= 0.3 is 6.09 Å². The molecule has 9 nitrogen and oxygen atoms in total. The molecule has 1 aliphatic rings. The average Bonchev–Trinajstić information content (AvgIpc) is 2.74. The molecule has 32 heavy (non-hydrogen) atoms. The van der Waals surface area contributed by atoms with Crippen molar-refractivity contribution < 1.29 is 28.5 Å². The van der Waals surface area contributed by atoms with Gasteiger partial charge in [-0.25, -0.2) is 4.79 Å². The van der Waals surface area contributed by atoms with Crippen molar-refractivity contribution in [2.75, 3.05) is 98.7 Å². The molecule has 0 aromatic carbocycles. The maximum absolute atomic E-state index is 11.6. The Bertz CT molecular complexity index is 513. The van der Waals surface area contributed by atoms with Crippen molar-refractivity contribution in [3.8, 4) is 12.3 Å². The third kappa shape index (κ3) is 17.2. The summed E-state index contributed by atoms with van der Waals surface area (Å²) in [4.78, 5) is 16.5. The molecule has 1 aliphatic heterocycles. The van der Waals surface area contributed by atoms with Crippen LogP contribution in [0.5, 0.6) is 0 Å². The Morgan fingerprint density at radius 1 is 0.844 bits per heavy atom. The summed E-state index contributed by atoms with van der Waals surface area (Å²) in [7, 11) is 0. The van der Waals surface area contributed by atoms with E-state index >= 15 is 0 Å². The molecule has 1 rings (SSSR count). The fraction of sp³-hybridized carbons (Fsp3) is 0.870. The summed E-state index contributed by atoms with van der Waals surface area (Å²) in [6.07, 6.45) is 5.66. The number of nitrogens with zero attached hydrogens (tertiary/aromatic N) is 2. The number of piperazine rings is 1. The third-order valence-corrected chi connectivity index (χ3v) is 4.64. The summed E-state index contributed by atoms with van der Waals surface area (Å²) >= 11 is 0. The lowest BCUT2D eigenvalue weighted by Crippen LogP contribution is -2.47.